The zero-order valence-electron chi connectivity index (χ0n) is 15.2. The number of Topliss-reactive ketones (excluding diaryl/α,β-unsaturated/α-hetero) is 1. The summed E-state index contributed by atoms with van der Waals surface area (Å²) in [7, 11) is 0. The van der Waals surface area contributed by atoms with Gasteiger partial charge >= 0.3 is 0 Å². The molecule has 130 valence electrons. The summed E-state index contributed by atoms with van der Waals surface area (Å²) in [4.78, 5) is 12.1. The molecule has 3 aliphatic rings. The molecule has 0 radical (unpaired) electrons. The molecule has 2 saturated heterocycles. The molecule has 3 heteroatoms. The van der Waals surface area contributed by atoms with E-state index in [2.05, 4.69) is 20.4 Å². The summed E-state index contributed by atoms with van der Waals surface area (Å²) in [6.07, 6.45) is 6.99. The van der Waals surface area contributed by atoms with Crippen LogP contribution in [0.5, 0.6) is 0 Å². The van der Waals surface area contributed by atoms with Crippen LogP contribution in [0.3, 0.4) is 0 Å². The van der Waals surface area contributed by atoms with Gasteiger partial charge in [-0.1, -0.05) is 34.3 Å². The summed E-state index contributed by atoms with van der Waals surface area (Å²) < 4.78 is 6.44. The summed E-state index contributed by atoms with van der Waals surface area (Å²) in [6.45, 7) is 12.6. The fourth-order valence-electron chi connectivity index (χ4n) is 5.29. The molecule has 1 N–H and O–H groups in total. The molecule has 1 aliphatic carbocycles. The number of hydrogen-bond acceptors (Lipinski definition) is 3. The number of carbonyl (C=O) groups excluding carboxylic acids is 1. The second kappa shape index (κ2) is 5.16. The molecule has 3 fully saturated rings. The highest BCUT2D eigenvalue weighted by Gasteiger charge is 2.71. The minimum absolute atomic E-state index is 0.0583. The van der Waals surface area contributed by atoms with Crippen LogP contribution in [0.4, 0.5) is 0 Å². The summed E-state index contributed by atoms with van der Waals surface area (Å²) in [5.41, 5.74) is 0.473. The van der Waals surface area contributed by atoms with Crippen LogP contribution in [0.15, 0.2) is 12.2 Å². The number of fused-ring (bicyclic) bond motifs is 1. The van der Waals surface area contributed by atoms with E-state index in [1.807, 2.05) is 13.8 Å². The molecule has 3 rings (SSSR count). The van der Waals surface area contributed by atoms with E-state index in [0.29, 0.717) is 19.3 Å². The van der Waals surface area contributed by atoms with E-state index in [1.165, 1.54) is 6.42 Å². The minimum atomic E-state index is -1.11. The first-order valence-electron chi connectivity index (χ1n) is 9.21. The number of hydrogen-bond donors (Lipinski definition) is 1. The van der Waals surface area contributed by atoms with Crippen LogP contribution in [0.2, 0.25) is 0 Å². The Balaban J connectivity index is 1.90. The lowest BCUT2D eigenvalue weighted by Gasteiger charge is -2.55. The van der Waals surface area contributed by atoms with Crippen LogP contribution in [0.25, 0.3) is 0 Å². The van der Waals surface area contributed by atoms with Gasteiger partial charge in [0.1, 0.15) is 5.78 Å². The molecule has 2 bridgehead atoms. The third-order valence-corrected chi connectivity index (χ3v) is 7.26. The fraction of sp³-hybridized carbons (Fsp3) is 0.850. The summed E-state index contributed by atoms with van der Waals surface area (Å²) >= 11 is 0. The van der Waals surface area contributed by atoms with Crippen molar-refractivity contribution in [2.45, 2.75) is 90.4 Å². The first-order valence-corrected chi connectivity index (χ1v) is 9.21. The maximum absolute atomic E-state index is 12.1. The molecular formula is C20H32O3. The molecule has 2 aliphatic heterocycles. The average molecular weight is 320 g/mol. The Morgan fingerprint density at radius 3 is 2.65 bits per heavy atom. The van der Waals surface area contributed by atoms with Gasteiger partial charge in [-0.05, 0) is 44.1 Å². The number of ether oxygens (including phenoxy) is 1. The number of rotatable bonds is 4. The highest BCUT2D eigenvalue weighted by atomic mass is 16.7. The van der Waals surface area contributed by atoms with Gasteiger partial charge in [-0.2, -0.15) is 0 Å². The third kappa shape index (κ3) is 2.26. The number of aliphatic hydroxyl groups is 1. The average Bonchev–Trinajstić information content (AvgIpc) is 2.68. The van der Waals surface area contributed by atoms with Crippen molar-refractivity contribution in [1.29, 1.82) is 0 Å². The van der Waals surface area contributed by atoms with Crippen molar-refractivity contribution < 1.29 is 14.6 Å². The van der Waals surface area contributed by atoms with Gasteiger partial charge in [0.15, 0.2) is 5.79 Å². The lowest BCUT2D eigenvalue weighted by molar-refractivity contribution is -0.303. The van der Waals surface area contributed by atoms with Crippen LogP contribution < -0.4 is 0 Å². The Hall–Kier alpha value is -0.670. The van der Waals surface area contributed by atoms with E-state index < -0.39 is 11.4 Å². The quantitative estimate of drug-likeness (QED) is 0.782. The molecule has 1 spiro atoms. The highest BCUT2D eigenvalue weighted by Crippen LogP contribution is 2.69. The minimum Gasteiger partial charge on any atom is -0.365 e. The zero-order valence-corrected chi connectivity index (χ0v) is 15.2. The van der Waals surface area contributed by atoms with Crippen molar-refractivity contribution in [3.8, 4) is 0 Å². The molecule has 1 saturated carbocycles. The normalized spacial score (nSPS) is 46.1. The molecule has 2 heterocycles. The second-order valence-electron chi connectivity index (χ2n) is 9.09. The van der Waals surface area contributed by atoms with Crippen LogP contribution >= 0.6 is 0 Å². The largest absolute Gasteiger partial charge is 0.365 e. The van der Waals surface area contributed by atoms with E-state index in [4.69, 9.17) is 4.74 Å². The van der Waals surface area contributed by atoms with Gasteiger partial charge in [0.25, 0.3) is 0 Å². The first kappa shape index (κ1) is 17.2. The molecule has 4 atom stereocenters. The lowest BCUT2D eigenvalue weighted by Crippen LogP contribution is -2.56. The lowest BCUT2D eigenvalue weighted by atomic mass is 9.58. The zero-order chi connectivity index (χ0) is 17.1. The van der Waals surface area contributed by atoms with Crippen LogP contribution in [0.1, 0.15) is 79.1 Å². The van der Waals surface area contributed by atoms with E-state index in [-0.39, 0.29) is 22.5 Å². The highest BCUT2D eigenvalue weighted by molar-refractivity contribution is 5.80. The molecule has 3 nitrogen and oxygen atoms in total. The van der Waals surface area contributed by atoms with Gasteiger partial charge in [0, 0.05) is 29.6 Å². The Kier molecular flexibility index (Phi) is 3.85. The van der Waals surface area contributed by atoms with Crippen molar-refractivity contribution in [3.63, 3.8) is 0 Å². The van der Waals surface area contributed by atoms with E-state index in [0.717, 1.165) is 31.3 Å². The van der Waals surface area contributed by atoms with Gasteiger partial charge in [-0.25, -0.2) is 0 Å². The van der Waals surface area contributed by atoms with Gasteiger partial charge in [0.05, 0.1) is 5.60 Å². The van der Waals surface area contributed by atoms with Gasteiger partial charge in [0.2, 0.25) is 0 Å². The molecule has 0 aromatic rings. The molecule has 23 heavy (non-hydrogen) atoms. The van der Waals surface area contributed by atoms with Crippen molar-refractivity contribution in [2.75, 3.05) is 0 Å². The first-order chi connectivity index (χ1) is 10.6. The maximum atomic E-state index is 12.1. The number of ketones is 1. The topological polar surface area (TPSA) is 46.5 Å². The van der Waals surface area contributed by atoms with E-state index in [1.54, 1.807) is 0 Å². The Bertz CT molecular complexity index is 539. The molecule has 0 unspecified atom stereocenters. The van der Waals surface area contributed by atoms with Crippen LogP contribution in [-0.2, 0) is 9.53 Å². The van der Waals surface area contributed by atoms with Gasteiger partial charge in [-0.3, -0.25) is 4.79 Å². The van der Waals surface area contributed by atoms with Crippen molar-refractivity contribution in [2.24, 2.45) is 16.7 Å². The van der Waals surface area contributed by atoms with Crippen molar-refractivity contribution in [3.05, 3.63) is 12.2 Å². The van der Waals surface area contributed by atoms with Crippen molar-refractivity contribution >= 4 is 5.78 Å². The molecular weight excluding hydrogens is 288 g/mol. The maximum Gasteiger partial charge on any atom is 0.172 e. The monoisotopic (exact) mass is 320 g/mol. The Labute approximate surface area is 140 Å². The van der Waals surface area contributed by atoms with E-state index >= 15 is 0 Å². The summed E-state index contributed by atoms with van der Waals surface area (Å²) in [5.74, 6) is -0.772. The summed E-state index contributed by atoms with van der Waals surface area (Å²) in [5, 5.41) is 11.3. The smallest absolute Gasteiger partial charge is 0.172 e. The fourth-order valence-corrected chi connectivity index (χ4v) is 5.29. The Morgan fingerprint density at radius 2 is 2.00 bits per heavy atom. The predicted molar refractivity (Wildman–Crippen MR) is 90.9 cm³/mol. The number of carbonyl (C=O) groups is 1. The SMILES string of the molecule is C=C1CCC[C@@]2(C)CC[C@@]3(O)O[C@@]12C[C@@]3(C)CCC(=O)C(C)C. The Morgan fingerprint density at radius 1 is 1.30 bits per heavy atom. The van der Waals surface area contributed by atoms with Crippen LogP contribution in [-0.4, -0.2) is 22.3 Å². The van der Waals surface area contributed by atoms with Gasteiger partial charge < -0.3 is 9.84 Å². The molecule has 0 aromatic carbocycles. The third-order valence-electron chi connectivity index (χ3n) is 7.26. The standard InChI is InChI=1S/C20H32O3/c1-14(2)16(21)8-10-18(5)13-19-15(3)7-6-9-17(19,4)11-12-20(18,22)23-19/h14,22H,3,6-13H2,1-2,4-5H3/t17-,18+,19-,20+/m0/s1. The molecule has 0 aromatic heterocycles. The summed E-state index contributed by atoms with van der Waals surface area (Å²) in [6, 6.07) is 0. The second-order valence-corrected chi connectivity index (χ2v) is 9.09. The van der Waals surface area contributed by atoms with Crippen molar-refractivity contribution in [1.82, 2.24) is 0 Å². The van der Waals surface area contributed by atoms with E-state index in [9.17, 15) is 9.90 Å². The van der Waals surface area contributed by atoms with Crippen LogP contribution in [0, 0.1) is 16.7 Å². The predicted octanol–water partition coefficient (Wildman–Crippen LogP) is 4.39. The van der Waals surface area contributed by atoms with Gasteiger partial charge in [-0.15, -0.1) is 0 Å². The molecule has 0 amide bonds.